The van der Waals surface area contributed by atoms with Crippen LogP contribution in [-0.4, -0.2) is 14.0 Å². The van der Waals surface area contributed by atoms with Gasteiger partial charge in [-0.2, -0.15) is 0 Å². The second-order valence-corrected chi connectivity index (χ2v) is 5.90. The smallest absolute Gasteiger partial charge is 0.321 e. The molecule has 1 aliphatic rings. The normalized spacial score (nSPS) is 12.9. The van der Waals surface area contributed by atoms with Crippen LogP contribution < -0.4 is 15.4 Å². The predicted molar refractivity (Wildman–Crippen MR) is 103 cm³/mol. The standard InChI is InChI=1S/C21H18BNO/c1-24-19-13-11-16(12-14-19)20-15-17-7-5-6-10-21(17)23-22(20)18-8-3-2-4-9-18/h2-15,23H,1H3. The van der Waals surface area contributed by atoms with Crippen molar-refractivity contribution in [3.63, 3.8) is 0 Å². The molecular weight excluding hydrogens is 293 g/mol. The minimum absolute atomic E-state index is 0.134. The molecular formula is C21H18BNO. The lowest BCUT2D eigenvalue weighted by atomic mass is 9.47. The molecule has 3 aromatic carbocycles. The molecule has 0 saturated heterocycles. The molecule has 1 aliphatic heterocycles. The number of para-hydroxylation sites is 1. The van der Waals surface area contributed by atoms with Crippen LogP contribution in [0.25, 0.3) is 11.5 Å². The van der Waals surface area contributed by atoms with Crippen LogP contribution in [0, 0.1) is 0 Å². The molecule has 0 saturated carbocycles. The molecule has 3 heteroatoms. The highest BCUT2D eigenvalue weighted by Gasteiger charge is 2.27. The van der Waals surface area contributed by atoms with Gasteiger partial charge in [0, 0.05) is 5.69 Å². The lowest BCUT2D eigenvalue weighted by Crippen LogP contribution is -2.41. The average Bonchev–Trinajstić information content (AvgIpc) is 2.68. The molecule has 0 spiro atoms. The number of methoxy groups -OCH3 is 1. The second-order valence-electron chi connectivity index (χ2n) is 5.90. The first-order valence-corrected chi connectivity index (χ1v) is 8.12. The van der Waals surface area contributed by atoms with E-state index in [0.29, 0.717) is 0 Å². The minimum atomic E-state index is 0.134. The van der Waals surface area contributed by atoms with E-state index in [-0.39, 0.29) is 6.85 Å². The molecule has 0 aliphatic carbocycles. The van der Waals surface area contributed by atoms with Gasteiger partial charge in [0.05, 0.1) is 7.11 Å². The van der Waals surface area contributed by atoms with Gasteiger partial charge in [-0.05, 0) is 34.8 Å². The Kier molecular flexibility index (Phi) is 3.83. The summed E-state index contributed by atoms with van der Waals surface area (Å²) < 4.78 is 5.29. The number of hydrogen-bond donors (Lipinski definition) is 1. The number of ether oxygens (including phenoxy) is 1. The first-order chi connectivity index (χ1) is 11.8. The molecule has 0 fully saturated rings. The number of hydrogen-bond acceptors (Lipinski definition) is 2. The Morgan fingerprint density at radius 3 is 2.25 bits per heavy atom. The molecule has 1 heterocycles. The van der Waals surface area contributed by atoms with Crippen LogP contribution in [0.15, 0.2) is 78.9 Å². The van der Waals surface area contributed by atoms with Crippen molar-refractivity contribution in [3.05, 3.63) is 90.0 Å². The van der Waals surface area contributed by atoms with E-state index < -0.39 is 0 Å². The molecule has 0 unspecified atom stereocenters. The highest BCUT2D eigenvalue weighted by molar-refractivity contribution is 6.93. The highest BCUT2D eigenvalue weighted by Crippen LogP contribution is 2.31. The Morgan fingerprint density at radius 2 is 1.50 bits per heavy atom. The molecule has 1 N–H and O–H groups in total. The third-order valence-electron chi connectivity index (χ3n) is 4.44. The number of rotatable bonds is 3. The Hall–Kier alpha value is -2.94. The van der Waals surface area contributed by atoms with Gasteiger partial charge in [0.1, 0.15) is 5.75 Å². The molecule has 0 amide bonds. The molecule has 3 aromatic rings. The monoisotopic (exact) mass is 311 g/mol. The fourth-order valence-corrected chi connectivity index (χ4v) is 3.18. The van der Waals surface area contributed by atoms with Gasteiger partial charge in [0.25, 0.3) is 0 Å². The molecule has 0 atom stereocenters. The zero-order valence-electron chi connectivity index (χ0n) is 13.6. The van der Waals surface area contributed by atoms with Crippen molar-refractivity contribution in [2.24, 2.45) is 0 Å². The Labute approximate surface area is 142 Å². The van der Waals surface area contributed by atoms with Crippen LogP contribution in [0.5, 0.6) is 5.75 Å². The van der Waals surface area contributed by atoms with Crippen molar-refractivity contribution in [3.8, 4) is 5.75 Å². The van der Waals surface area contributed by atoms with Gasteiger partial charge in [-0.3, -0.25) is 0 Å². The fraction of sp³-hybridized carbons (Fsp3) is 0.0476. The van der Waals surface area contributed by atoms with Crippen LogP contribution in [0.2, 0.25) is 0 Å². The van der Waals surface area contributed by atoms with Crippen LogP contribution in [0.1, 0.15) is 11.1 Å². The Morgan fingerprint density at radius 1 is 0.792 bits per heavy atom. The van der Waals surface area contributed by atoms with Gasteiger partial charge in [-0.15, -0.1) is 0 Å². The number of anilines is 1. The largest absolute Gasteiger partial charge is 0.497 e. The van der Waals surface area contributed by atoms with Crippen LogP contribution in [0.3, 0.4) is 0 Å². The third kappa shape index (κ3) is 2.69. The predicted octanol–water partition coefficient (Wildman–Crippen LogP) is 4.10. The Balaban J connectivity index is 1.83. The average molecular weight is 311 g/mol. The van der Waals surface area contributed by atoms with E-state index in [1.54, 1.807) is 7.11 Å². The number of fused-ring (bicyclic) bond motifs is 1. The summed E-state index contributed by atoms with van der Waals surface area (Å²) in [6.07, 6.45) is 2.28. The van der Waals surface area contributed by atoms with E-state index in [0.717, 1.165) is 5.75 Å². The summed E-state index contributed by atoms with van der Waals surface area (Å²) in [4.78, 5) is 0. The molecule has 0 radical (unpaired) electrons. The van der Waals surface area contributed by atoms with Crippen molar-refractivity contribution < 1.29 is 4.74 Å². The lowest BCUT2D eigenvalue weighted by molar-refractivity contribution is 0.415. The molecule has 4 rings (SSSR count). The quantitative estimate of drug-likeness (QED) is 0.735. The van der Waals surface area contributed by atoms with E-state index in [4.69, 9.17) is 4.74 Å². The van der Waals surface area contributed by atoms with Crippen LogP contribution >= 0.6 is 0 Å². The van der Waals surface area contributed by atoms with Crippen molar-refractivity contribution in [2.75, 3.05) is 12.3 Å². The number of benzene rings is 3. The Bertz CT molecular complexity index is 872. The van der Waals surface area contributed by atoms with Crippen LogP contribution in [0.4, 0.5) is 5.69 Å². The fourth-order valence-electron chi connectivity index (χ4n) is 3.18. The van der Waals surface area contributed by atoms with Gasteiger partial charge in [-0.1, -0.05) is 72.2 Å². The van der Waals surface area contributed by atoms with E-state index in [1.165, 1.54) is 27.7 Å². The van der Waals surface area contributed by atoms with Crippen LogP contribution in [-0.2, 0) is 0 Å². The summed E-state index contributed by atoms with van der Waals surface area (Å²) in [5.74, 6) is 0.875. The van der Waals surface area contributed by atoms with Gasteiger partial charge < -0.3 is 9.96 Å². The van der Waals surface area contributed by atoms with E-state index in [1.807, 2.05) is 12.1 Å². The summed E-state index contributed by atoms with van der Waals surface area (Å²) in [5, 5.41) is 3.69. The van der Waals surface area contributed by atoms with Crippen molar-refractivity contribution >= 4 is 29.5 Å². The van der Waals surface area contributed by atoms with E-state index >= 15 is 0 Å². The molecule has 0 aromatic heterocycles. The highest BCUT2D eigenvalue weighted by atomic mass is 16.5. The first-order valence-electron chi connectivity index (χ1n) is 8.12. The molecule has 2 nitrogen and oxygen atoms in total. The topological polar surface area (TPSA) is 21.3 Å². The maximum Gasteiger partial charge on any atom is 0.321 e. The van der Waals surface area contributed by atoms with Crippen molar-refractivity contribution in [2.45, 2.75) is 0 Å². The van der Waals surface area contributed by atoms with Gasteiger partial charge in [0.2, 0.25) is 0 Å². The SMILES string of the molecule is COc1ccc(C2=Cc3ccccc3NB2c2ccccc2)cc1. The second kappa shape index (κ2) is 6.28. The van der Waals surface area contributed by atoms with Gasteiger partial charge >= 0.3 is 6.85 Å². The van der Waals surface area contributed by atoms with Crippen molar-refractivity contribution in [1.29, 1.82) is 0 Å². The van der Waals surface area contributed by atoms with E-state index in [9.17, 15) is 0 Å². The number of nitrogens with one attached hydrogen (secondary N) is 1. The molecule has 116 valence electrons. The first kappa shape index (κ1) is 14.6. The summed E-state index contributed by atoms with van der Waals surface area (Å²) in [6, 6.07) is 27.3. The molecule has 0 bridgehead atoms. The zero-order chi connectivity index (χ0) is 16.4. The van der Waals surface area contributed by atoms with E-state index in [2.05, 4.69) is 78.0 Å². The maximum atomic E-state index is 5.29. The van der Waals surface area contributed by atoms with Gasteiger partial charge in [0.15, 0.2) is 0 Å². The van der Waals surface area contributed by atoms with Crippen molar-refractivity contribution in [1.82, 2.24) is 0 Å². The summed E-state index contributed by atoms with van der Waals surface area (Å²) in [7, 11) is 1.69. The third-order valence-corrected chi connectivity index (χ3v) is 4.44. The maximum absolute atomic E-state index is 5.29. The zero-order valence-corrected chi connectivity index (χ0v) is 13.6. The summed E-state index contributed by atoms with van der Waals surface area (Å²) in [6.45, 7) is 0.134. The lowest BCUT2D eigenvalue weighted by Gasteiger charge is -2.26. The van der Waals surface area contributed by atoms with Gasteiger partial charge in [-0.25, -0.2) is 0 Å². The summed E-state index contributed by atoms with van der Waals surface area (Å²) in [5.41, 5.74) is 6.11. The minimum Gasteiger partial charge on any atom is -0.497 e. The summed E-state index contributed by atoms with van der Waals surface area (Å²) >= 11 is 0. The molecule has 24 heavy (non-hydrogen) atoms.